The van der Waals surface area contributed by atoms with Gasteiger partial charge in [0.1, 0.15) is 0 Å². The molecule has 2 aliphatic rings. The van der Waals surface area contributed by atoms with Crippen molar-refractivity contribution in [3.05, 3.63) is 63.7 Å². The highest BCUT2D eigenvalue weighted by atomic mass is 35.5. The molecule has 0 radical (unpaired) electrons. The molecule has 0 bridgehead atoms. The maximum atomic E-state index is 12.6. The van der Waals surface area contributed by atoms with E-state index in [0.717, 1.165) is 35.1 Å². The first-order chi connectivity index (χ1) is 10.7. The Bertz CT molecular complexity index is 808. The number of rotatable bonds is 1. The van der Waals surface area contributed by atoms with E-state index >= 15 is 0 Å². The van der Waals surface area contributed by atoms with Crippen LogP contribution in [0, 0.1) is 0 Å². The fourth-order valence-corrected chi connectivity index (χ4v) is 3.20. The molecular weight excluding hydrogens is 300 g/mol. The third-order valence-corrected chi connectivity index (χ3v) is 4.29. The number of hydrogen-bond acceptors (Lipinski definition) is 3. The monoisotopic (exact) mass is 312 g/mol. The molecule has 1 heterocycles. The molecule has 3 nitrogen and oxygen atoms in total. The van der Waals surface area contributed by atoms with Crippen LogP contribution in [-0.4, -0.2) is 12.6 Å². The SMILES string of the molecule is O=C1/C(=C/c2cc(Cl)c3c(c2)OCO3)CCc2ccccc21. The summed E-state index contributed by atoms with van der Waals surface area (Å²) in [7, 11) is 0. The van der Waals surface area contributed by atoms with Crippen molar-refractivity contribution in [3.8, 4) is 11.5 Å². The van der Waals surface area contributed by atoms with Gasteiger partial charge in [0.2, 0.25) is 6.79 Å². The lowest BCUT2D eigenvalue weighted by molar-refractivity contribution is 0.102. The number of benzene rings is 2. The highest BCUT2D eigenvalue weighted by Crippen LogP contribution is 2.40. The molecule has 4 heteroatoms. The molecule has 0 spiro atoms. The Morgan fingerprint density at radius 3 is 2.86 bits per heavy atom. The van der Waals surface area contributed by atoms with Crippen LogP contribution >= 0.6 is 11.6 Å². The molecule has 110 valence electrons. The molecule has 0 atom stereocenters. The smallest absolute Gasteiger partial charge is 0.231 e. The van der Waals surface area contributed by atoms with Crippen LogP contribution in [0.4, 0.5) is 0 Å². The van der Waals surface area contributed by atoms with Gasteiger partial charge in [-0.15, -0.1) is 0 Å². The minimum Gasteiger partial charge on any atom is -0.454 e. The molecule has 2 aromatic carbocycles. The predicted octanol–water partition coefficient (Wildman–Crippen LogP) is 4.28. The van der Waals surface area contributed by atoms with Crippen molar-refractivity contribution >= 4 is 23.5 Å². The van der Waals surface area contributed by atoms with Crippen molar-refractivity contribution in [2.75, 3.05) is 6.79 Å². The molecule has 0 saturated carbocycles. The second-order valence-electron chi connectivity index (χ2n) is 5.39. The number of halogens is 1. The van der Waals surface area contributed by atoms with E-state index in [4.69, 9.17) is 21.1 Å². The number of ether oxygens (including phenoxy) is 2. The first-order valence-electron chi connectivity index (χ1n) is 7.15. The van der Waals surface area contributed by atoms with Gasteiger partial charge in [-0.25, -0.2) is 0 Å². The quantitative estimate of drug-likeness (QED) is 0.737. The Morgan fingerprint density at radius 2 is 1.95 bits per heavy atom. The van der Waals surface area contributed by atoms with Crippen LogP contribution in [-0.2, 0) is 6.42 Å². The van der Waals surface area contributed by atoms with Crippen molar-refractivity contribution in [3.63, 3.8) is 0 Å². The summed E-state index contributed by atoms with van der Waals surface area (Å²) >= 11 is 6.19. The summed E-state index contributed by atoms with van der Waals surface area (Å²) in [4.78, 5) is 12.6. The van der Waals surface area contributed by atoms with Gasteiger partial charge in [0.05, 0.1) is 5.02 Å². The van der Waals surface area contributed by atoms with Crippen LogP contribution in [0.15, 0.2) is 42.0 Å². The maximum Gasteiger partial charge on any atom is 0.231 e. The zero-order chi connectivity index (χ0) is 15.1. The van der Waals surface area contributed by atoms with Gasteiger partial charge in [-0.3, -0.25) is 4.79 Å². The molecule has 1 aliphatic heterocycles. The van der Waals surface area contributed by atoms with Crippen LogP contribution in [0.5, 0.6) is 11.5 Å². The van der Waals surface area contributed by atoms with Gasteiger partial charge in [0.15, 0.2) is 17.3 Å². The van der Waals surface area contributed by atoms with E-state index in [2.05, 4.69) is 0 Å². The van der Waals surface area contributed by atoms with Gasteiger partial charge >= 0.3 is 0 Å². The lowest BCUT2D eigenvalue weighted by atomic mass is 9.86. The summed E-state index contributed by atoms with van der Waals surface area (Å²) < 4.78 is 10.7. The van der Waals surface area contributed by atoms with E-state index in [1.165, 1.54) is 0 Å². The molecule has 0 amide bonds. The number of fused-ring (bicyclic) bond motifs is 2. The van der Waals surface area contributed by atoms with Crippen LogP contribution < -0.4 is 9.47 Å². The Morgan fingerprint density at radius 1 is 1.09 bits per heavy atom. The Kier molecular flexibility index (Phi) is 3.16. The van der Waals surface area contributed by atoms with E-state index in [-0.39, 0.29) is 12.6 Å². The molecule has 0 fully saturated rings. The van der Waals surface area contributed by atoms with Gasteiger partial charge in [-0.1, -0.05) is 35.9 Å². The van der Waals surface area contributed by atoms with E-state index in [1.807, 2.05) is 36.4 Å². The fraction of sp³-hybridized carbons (Fsp3) is 0.167. The Labute approximate surface area is 133 Å². The molecule has 0 saturated heterocycles. The second kappa shape index (κ2) is 5.18. The van der Waals surface area contributed by atoms with Gasteiger partial charge in [0, 0.05) is 11.1 Å². The summed E-state index contributed by atoms with van der Waals surface area (Å²) in [5, 5.41) is 0.505. The van der Waals surface area contributed by atoms with Gasteiger partial charge in [0.25, 0.3) is 0 Å². The average Bonchev–Trinajstić information content (AvgIpc) is 2.99. The molecule has 0 N–H and O–H groups in total. The maximum absolute atomic E-state index is 12.6. The summed E-state index contributed by atoms with van der Waals surface area (Å²) in [6.45, 7) is 0.182. The van der Waals surface area contributed by atoms with Crippen molar-refractivity contribution < 1.29 is 14.3 Å². The van der Waals surface area contributed by atoms with Crippen LogP contribution in [0.25, 0.3) is 6.08 Å². The number of carbonyl (C=O) groups excluding carboxylic acids is 1. The number of allylic oxidation sites excluding steroid dienone is 1. The molecular formula is C18H13ClO3. The lowest BCUT2D eigenvalue weighted by Gasteiger charge is -2.17. The number of Topliss-reactive ketones (excluding diaryl/α,β-unsaturated/α-hetero) is 1. The number of hydrogen-bond donors (Lipinski definition) is 0. The van der Waals surface area contributed by atoms with Crippen LogP contribution in [0.3, 0.4) is 0 Å². The van der Waals surface area contributed by atoms with E-state index in [9.17, 15) is 4.79 Å². The van der Waals surface area contributed by atoms with Gasteiger partial charge in [-0.05, 0) is 42.2 Å². The van der Waals surface area contributed by atoms with Crippen molar-refractivity contribution in [1.29, 1.82) is 0 Å². The van der Waals surface area contributed by atoms with Crippen LogP contribution in [0.2, 0.25) is 5.02 Å². The van der Waals surface area contributed by atoms with E-state index < -0.39 is 0 Å². The first-order valence-corrected chi connectivity index (χ1v) is 7.52. The molecule has 1 aliphatic carbocycles. The topological polar surface area (TPSA) is 35.5 Å². The number of aryl methyl sites for hydroxylation is 1. The summed E-state index contributed by atoms with van der Waals surface area (Å²) in [6.07, 6.45) is 3.51. The summed E-state index contributed by atoms with van der Waals surface area (Å²) in [6, 6.07) is 11.4. The fourth-order valence-electron chi connectivity index (χ4n) is 2.93. The normalized spacial score (nSPS) is 17.7. The summed E-state index contributed by atoms with van der Waals surface area (Å²) in [5.41, 5.74) is 3.57. The van der Waals surface area contributed by atoms with Gasteiger partial charge in [-0.2, -0.15) is 0 Å². The van der Waals surface area contributed by atoms with Crippen molar-refractivity contribution in [2.24, 2.45) is 0 Å². The zero-order valence-electron chi connectivity index (χ0n) is 11.8. The minimum atomic E-state index is 0.0932. The molecule has 22 heavy (non-hydrogen) atoms. The standard InChI is InChI=1S/C18H13ClO3/c19-15-8-11(9-16-18(15)22-10-21-16)7-13-6-5-12-3-1-2-4-14(12)17(13)20/h1-4,7-9H,5-6,10H2/b13-7+. The zero-order valence-corrected chi connectivity index (χ0v) is 12.5. The van der Waals surface area contributed by atoms with Crippen molar-refractivity contribution in [1.82, 2.24) is 0 Å². The largest absolute Gasteiger partial charge is 0.454 e. The highest BCUT2D eigenvalue weighted by Gasteiger charge is 2.22. The number of carbonyl (C=O) groups is 1. The van der Waals surface area contributed by atoms with Gasteiger partial charge < -0.3 is 9.47 Å². The average molecular weight is 313 g/mol. The van der Waals surface area contributed by atoms with E-state index in [1.54, 1.807) is 6.07 Å². The third-order valence-electron chi connectivity index (χ3n) is 4.01. The number of ketones is 1. The summed E-state index contributed by atoms with van der Waals surface area (Å²) in [5.74, 6) is 1.29. The van der Waals surface area contributed by atoms with Crippen molar-refractivity contribution in [2.45, 2.75) is 12.8 Å². The molecule has 0 unspecified atom stereocenters. The minimum absolute atomic E-state index is 0.0932. The first kappa shape index (κ1) is 13.4. The Hall–Kier alpha value is -2.26. The third kappa shape index (κ3) is 2.18. The lowest BCUT2D eigenvalue weighted by Crippen LogP contribution is -2.13. The second-order valence-corrected chi connectivity index (χ2v) is 5.80. The molecule has 0 aromatic heterocycles. The predicted molar refractivity (Wildman–Crippen MR) is 84.6 cm³/mol. The van der Waals surface area contributed by atoms with E-state index in [0.29, 0.717) is 16.5 Å². The molecule has 2 aromatic rings. The van der Waals surface area contributed by atoms with Crippen LogP contribution in [0.1, 0.15) is 27.9 Å². The highest BCUT2D eigenvalue weighted by molar-refractivity contribution is 6.32. The molecule has 4 rings (SSSR count). The Balaban J connectivity index is 1.73.